The van der Waals surface area contributed by atoms with Crippen molar-refractivity contribution in [3.63, 3.8) is 0 Å². The number of halogens is 2. The van der Waals surface area contributed by atoms with Gasteiger partial charge in [-0.05, 0) is 39.1 Å². The van der Waals surface area contributed by atoms with Crippen molar-refractivity contribution >= 4 is 43.4 Å². The third-order valence-corrected chi connectivity index (χ3v) is 3.68. The lowest BCUT2D eigenvalue weighted by molar-refractivity contribution is 1.02. The molecular weight excluding hydrogens is 328 g/mol. The summed E-state index contributed by atoms with van der Waals surface area (Å²) in [5, 5.41) is 0. The second kappa shape index (κ2) is 4.51. The van der Waals surface area contributed by atoms with E-state index in [4.69, 9.17) is 0 Å². The van der Waals surface area contributed by atoms with Crippen LogP contribution in [0, 0.1) is 0 Å². The van der Waals surface area contributed by atoms with Gasteiger partial charge in [-0.2, -0.15) is 4.37 Å². The summed E-state index contributed by atoms with van der Waals surface area (Å²) in [5.74, 6) is 0.855. The van der Waals surface area contributed by atoms with E-state index in [1.165, 1.54) is 17.1 Å². The standard InChI is InChI=1S/C9H6Br2N2S/c10-7-4-2-1-3-6(7)5-8-12-9(11)14-13-8/h1-4H,5H2. The zero-order valence-electron chi connectivity index (χ0n) is 7.08. The van der Waals surface area contributed by atoms with Gasteiger partial charge in [0.1, 0.15) is 5.82 Å². The molecule has 0 unspecified atom stereocenters. The van der Waals surface area contributed by atoms with Crippen molar-refractivity contribution in [2.75, 3.05) is 0 Å². The van der Waals surface area contributed by atoms with E-state index in [0.717, 1.165) is 20.6 Å². The van der Waals surface area contributed by atoms with Crippen LogP contribution in [-0.4, -0.2) is 9.36 Å². The van der Waals surface area contributed by atoms with Crippen molar-refractivity contribution in [1.29, 1.82) is 0 Å². The van der Waals surface area contributed by atoms with Crippen molar-refractivity contribution in [3.8, 4) is 0 Å². The summed E-state index contributed by atoms with van der Waals surface area (Å²) in [6.45, 7) is 0. The molecule has 1 aromatic heterocycles. The number of hydrogen-bond acceptors (Lipinski definition) is 3. The average Bonchev–Trinajstić information content (AvgIpc) is 2.56. The molecule has 0 saturated heterocycles. The van der Waals surface area contributed by atoms with E-state index < -0.39 is 0 Å². The number of rotatable bonds is 2. The molecule has 1 aromatic carbocycles. The van der Waals surface area contributed by atoms with Crippen LogP contribution in [0.25, 0.3) is 0 Å². The maximum absolute atomic E-state index is 4.25. The van der Waals surface area contributed by atoms with Crippen LogP contribution in [0.2, 0.25) is 0 Å². The van der Waals surface area contributed by atoms with Crippen LogP contribution in [0.3, 0.4) is 0 Å². The van der Waals surface area contributed by atoms with Gasteiger partial charge in [-0.1, -0.05) is 34.1 Å². The van der Waals surface area contributed by atoms with Crippen LogP contribution < -0.4 is 0 Å². The predicted molar refractivity (Wildman–Crippen MR) is 64.6 cm³/mol. The largest absolute Gasteiger partial charge is 0.212 e. The van der Waals surface area contributed by atoms with Gasteiger partial charge < -0.3 is 0 Å². The van der Waals surface area contributed by atoms with Gasteiger partial charge in [0.05, 0.1) is 0 Å². The van der Waals surface area contributed by atoms with Crippen LogP contribution in [0.5, 0.6) is 0 Å². The molecule has 0 aliphatic carbocycles. The van der Waals surface area contributed by atoms with Crippen LogP contribution in [0.15, 0.2) is 32.7 Å². The molecule has 0 spiro atoms. The van der Waals surface area contributed by atoms with E-state index in [1.54, 1.807) is 0 Å². The fourth-order valence-electron chi connectivity index (χ4n) is 1.12. The minimum Gasteiger partial charge on any atom is -0.212 e. The zero-order chi connectivity index (χ0) is 9.97. The highest BCUT2D eigenvalue weighted by Crippen LogP contribution is 2.20. The fourth-order valence-corrected chi connectivity index (χ4v) is 2.40. The monoisotopic (exact) mass is 332 g/mol. The smallest absolute Gasteiger partial charge is 0.179 e. The molecule has 1 heterocycles. The van der Waals surface area contributed by atoms with E-state index in [2.05, 4.69) is 47.3 Å². The van der Waals surface area contributed by atoms with E-state index in [9.17, 15) is 0 Å². The molecule has 0 aliphatic rings. The second-order valence-electron chi connectivity index (χ2n) is 2.73. The Hall–Kier alpha value is -0.260. The van der Waals surface area contributed by atoms with Gasteiger partial charge in [-0.25, -0.2) is 4.98 Å². The summed E-state index contributed by atoms with van der Waals surface area (Å²) in [5.41, 5.74) is 1.21. The first-order chi connectivity index (χ1) is 6.75. The quantitative estimate of drug-likeness (QED) is 0.838. The molecule has 0 radical (unpaired) electrons. The Kier molecular flexibility index (Phi) is 3.30. The lowest BCUT2D eigenvalue weighted by atomic mass is 10.1. The Bertz CT molecular complexity index is 442. The van der Waals surface area contributed by atoms with Crippen molar-refractivity contribution in [1.82, 2.24) is 9.36 Å². The zero-order valence-corrected chi connectivity index (χ0v) is 11.1. The minimum absolute atomic E-state index is 0.767. The third-order valence-electron chi connectivity index (χ3n) is 1.75. The molecule has 72 valence electrons. The van der Waals surface area contributed by atoms with Crippen molar-refractivity contribution in [2.24, 2.45) is 0 Å². The highest BCUT2D eigenvalue weighted by molar-refractivity contribution is 9.11. The first-order valence-corrected chi connectivity index (χ1v) is 6.33. The molecule has 0 bridgehead atoms. The fraction of sp³-hybridized carbons (Fsp3) is 0.111. The Morgan fingerprint density at radius 3 is 2.64 bits per heavy atom. The summed E-state index contributed by atoms with van der Waals surface area (Å²) in [6, 6.07) is 8.11. The lowest BCUT2D eigenvalue weighted by Gasteiger charge is -1.99. The van der Waals surface area contributed by atoms with E-state index >= 15 is 0 Å². The van der Waals surface area contributed by atoms with Crippen LogP contribution in [0.1, 0.15) is 11.4 Å². The number of nitrogens with zero attached hydrogens (tertiary/aromatic N) is 2. The molecule has 0 fully saturated rings. The number of benzene rings is 1. The lowest BCUT2D eigenvalue weighted by Crippen LogP contribution is -1.91. The van der Waals surface area contributed by atoms with Crippen molar-refractivity contribution in [2.45, 2.75) is 6.42 Å². The normalized spacial score (nSPS) is 10.4. The molecule has 2 aromatic rings. The van der Waals surface area contributed by atoms with Crippen LogP contribution in [0.4, 0.5) is 0 Å². The molecule has 2 rings (SSSR count). The van der Waals surface area contributed by atoms with E-state index in [-0.39, 0.29) is 0 Å². The Labute approximate surface area is 103 Å². The first-order valence-electron chi connectivity index (χ1n) is 3.97. The molecular formula is C9H6Br2N2S. The second-order valence-corrected chi connectivity index (χ2v) is 5.61. The van der Waals surface area contributed by atoms with Crippen LogP contribution in [-0.2, 0) is 6.42 Å². The van der Waals surface area contributed by atoms with Gasteiger partial charge >= 0.3 is 0 Å². The average molecular weight is 334 g/mol. The van der Waals surface area contributed by atoms with E-state index in [1.807, 2.05) is 18.2 Å². The van der Waals surface area contributed by atoms with Gasteiger partial charge in [-0.15, -0.1) is 0 Å². The topological polar surface area (TPSA) is 25.8 Å². The highest BCUT2D eigenvalue weighted by atomic mass is 79.9. The molecule has 0 amide bonds. The Morgan fingerprint density at radius 2 is 2.00 bits per heavy atom. The van der Waals surface area contributed by atoms with Crippen molar-refractivity contribution < 1.29 is 0 Å². The Balaban J connectivity index is 2.23. The molecule has 0 atom stereocenters. The molecule has 2 nitrogen and oxygen atoms in total. The predicted octanol–water partition coefficient (Wildman–Crippen LogP) is 3.65. The molecule has 0 aliphatic heterocycles. The molecule has 14 heavy (non-hydrogen) atoms. The van der Waals surface area contributed by atoms with Gasteiger partial charge in [0.15, 0.2) is 3.92 Å². The summed E-state index contributed by atoms with van der Waals surface area (Å²) in [7, 11) is 0. The first kappa shape index (κ1) is 10.3. The minimum atomic E-state index is 0.767. The maximum Gasteiger partial charge on any atom is 0.179 e. The summed E-state index contributed by atoms with van der Waals surface area (Å²) < 4.78 is 6.15. The number of aromatic nitrogens is 2. The van der Waals surface area contributed by atoms with Crippen molar-refractivity contribution in [3.05, 3.63) is 44.0 Å². The number of hydrogen-bond donors (Lipinski definition) is 0. The van der Waals surface area contributed by atoms with E-state index in [0.29, 0.717) is 0 Å². The molecule has 0 N–H and O–H groups in total. The summed E-state index contributed by atoms with van der Waals surface area (Å²) >= 11 is 8.16. The highest BCUT2D eigenvalue weighted by Gasteiger charge is 2.04. The summed E-state index contributed by atoms with van der Waals surface area (Å²) in [4.78, 5) is 4.25. The maximum atomic E-state index is 4.25. The molecule has 5 heteroatoms. The third kappa shape index (κ3) is 2.40. The van der Waals surface area contributed by atoms with Gasteiger partial charge in [0, 0.05) is 10.9 Å². The van der Waals surface area contributed by atoms with Gasteiger partial charge in [-0.3, -0.25) is 0 Å². The molecule has 0 saturated carbocycles. The van der Waals surface area contributed by atoms with Crippen LogP contribution >= 0.6 is 43.4 Å². The summed E-state index contributed by atoms with van der Waals surface area (Å²) in [6.07, 6.45) is 0.767. The van der Waals surface area contributed by atoms with Gasteiger partial charge in [0.25, 0.3) is 0 Å². The SMILES string of the molecule is Brc1nc(Cc2ccccc2Br)ns1. The van der Waals surface area contributed by atoms with Gasteiger partial charge in [0.2, 0.25) is 0 Å². The Morgan fingerprint density at radius 1 is 1.21 bits per heavy atom.